The Hall–Kier alpha value is -2.49. The van der Waals surface area contributed by atoms with E-state index in [0.717, 1.165) is 44.9 Å². The van der Waals surface area contributed by atoms with Crippen LogP contribution in [0.4, 0.5) is 0 Å². The minimum Gasteiger partial charge on any atom is -0.477 e. The third-order valence-corrected chi connectivity index (χ3v) is 18.9. The molecule has 0 aliphatic heterocycles. The molecule has 0 aromatic heterocycles. The number of hydrogen-bond donors (Lipinski definition) is 1. The van der Waals surface area contributed by atoms with Crippen LogP contribution in [-0.4, -0.2) is 87.4 Å². The van der Waals surface area contributed by atoms with E-state index < -0.39 is 18.4 Å². The molecule has 0 saturated heterocycles. The van der Waals surface area contributed by atoms with Crippen LogP contribution in [0.2, 0.25) is 0 Å². The molecule has 0 saturated carbocycles. The van der Waals surface area contributed by atoms with Gasteiger partial charge in [0.1, 0.15) is 13.2 Å². The Morgan fingerprint density at radius 2 is 0.581 bits per heavy atom. The van der Waals surface area contributed by atoms with Crippen LogP contribution in [0, 0.1) is 0 Å². The molecule has 1 N–H and O–H groups in total. The molecule has 2 atom stereocenters. The predicted octanol–water partition coefficient (Wildman–Crippen LogP) is 26.3. The van der Waals surface area contributed by atoms with Crippen molar-refractivity contribution in [2.75, 3.05) is 47.5 Å². The lowest BCUT2D eigenvalue weighted by molar-refractivity contribution is -0.870. The normalized spacial score (nSPS) is 12.7. The van der Waals surface area contributed by atoms with Crippen LogP contribution in [0.3, 0.4) is 0 Å². The Morgan fingerprint density at radius 1 is 0.323 bits per heavy atom. The fourth-order valence-electron chi connectivity index (χ4n) is 12.6. The molecule has 0 amide bonds. The molecule has 9 heteroatoms. The predicted molar refractivity (Wildman–Crippen MR) is 401 cm³/mol. The zero-order valence-corrected chi connectivity index (χ0v) is 63.0. The summed E-state index contributed by atoms with van der Waals surface area (Å²) in [5, 5.41) is 9.78. The lowest BCUT2D eigenvalue weighted by Crippen LogP contribution is -2.40. The molecule has 0 fully saturated rings. The SMILES string of the molecule is CCCCCCC/C=C\C/C=C\CCCCCCCCCCCCCCCCCCCCCCCC(=O)OC(COC(=O)CCCCCCCCCCCCCCCCCCCCCCCCC/C=C\CCCCCCCCCC)COC(OCC[N+](C)(C)C)C(=O)O. The standard InChI is InChI=1S/C84H159NO8/c1-6-8-10-12-14-16-18-20-22-24-26-28-30-32-34-36-38-40-41-43-44-46-48-50-52-54-56-58-60-62-64-66-68-70-72-74-81(86)91-78-80(79-92-84(83(88)89)90-77-76-85(3,4)5)93-82(87)75-73-71-69-67-65-63-61-59-57-55-53-51-49-47-45-42-39-37-35-33-31-29-27-25-23-21-19-17-15-13-11-9-7-2/h19,21,24-27,80,84H,6-18,20,22-23,28-79H2,1-5H3/p+1/b21-19-,26-24-,27-25-. The number of esters is 2. The van der Waals surface area contributed by atoms with Gasteiger partial charge in [-0.05, 0) is 70.6 Å². The van der Waals surface area contributed by atoms with E-state index in [2.05, 4.69) is 50.3 Å². The summed E-state index contributed by atoms with van der Waals surface area (Å²) < 4.78 is 23.1. The molecule has 0 heterocycles. The monoisotopic (exact) mass is 1310 g/mol. The molecule has 9 nitrogen and oxygen atoms in total. The fraction of sp³-hybridized carbons (Fsp3) is 0.893. The lowest BCUT2D eigenvalue weighted by atomic mass is 10.0. The number of aliphatic carboxylic acids is 1. The maximum Gasteiger partial charge on any atom is 0.361 e. The molecule has 0 aliphatic carbocycles. The van der Waals surface area contributed by atoms with Crippen LogP contribution in [0.1, 0.15) is 425 Å². The Bertz CT molecular complexity index is 1620. The smallest absolute Gasteiger partial charge is 0.361 e. The van der Waals surface area contributed by atoms with Gasteiger partial charge in [-0.25, -0.2) is 4.79 Å². The summed E-state index contributed by atoms with van der Waals surface area (Å²) in [6.07, 6.45) is 94.6. The summed E-state index contributed by atoms with van der Waals surface area (Å²) in [4.78, 5) is 37.8. The number of nitrogens with zero attached hydrogens (tertiary/aromatic N) is 1. The quantitative estimate of drug-likeness (QED) is 0.0211. The number of rotatable bonds is 78. The van der Waals surface area contributed by atoms with E-state index in [0.29, 0.717) is 17.4 Å². The Kier molecular flexibility index (Phi) is 73.3. The van der Waals surface area contributed by atoms with Gasteiger partial charge in [-0.1, -0.05) is 378 Å². The molecule has 0 rings (SSSR count). The van der Waals surface area contributed by atoms with Crippen LogP contribution in [-0.2, 0) is 33.3 Å². The number of unbranched alkanes of at least 4 members (excludes halogenated alkanes) is 57. The van der Waals surface area contributed by atoms with Gasteiger partial charge in [0.2, 0.25) is 0 Å². The number of carboxylic acids is 1. The third-order valence-electron chi connectivity index (χ3n) is 18.9. The Morgan fingerprint density at radius 3 is 0.860 bits per heavy atom. The van der Waals surface area contributed by atoms with Crippen molar-refractivity contribution in [2.45, 2.75) is 437 Å². The summed E-state index contributed by atoms with van der Waals surface area (Å²) in [5.41, 5.74) is 0. The zero-order valence-electron chi connectivity index (χ0n) is 63.0. The molecule has 2 unspecified atom stereocenters. The number of carboxylic acid groups (broad SMARTS) is 1. The van der Waals surface area contributed by atoms with Crippen LogP contribution >= 0.6 is 0 Å². The molecule has 0 spiro atoms. The van der Waals surface area contributed by atoms with Gasteiger partial charge in [-0.3, -0.25) is 9.59 Å². The number of likely N-dealkylation sites (N-methyl/N-ethyl adjacent to an activating group) is 1. The molecule has 0 aromatic carbocycles. The molecule has 0 aromatic rings. The maximum atomic E-state index is 13.0. The van der Waals surface area contributed by atoms with Crippen molar-refractivity contribution in [3.05, 3.63) is 36.5 Å². The van der Waals surface area contributed by atoms with E-state index in [-0.39, 0.29) is 38.2 Å². The van der Waals surface area contributed by atoms with E-state index >= 15 is 0 Å². The van der Waals surface area contributed by atoms with Gasteiger partial charge in [0, 0.05) is 12.8 Å². The van der Waals surface area contributed by atoms with Gasteiger partial charge in [-0.15, -0.1) is 0 Å². The van der Waals surface area contributed by atoms with Gasteiger partial charge < -0.3 is 28.5 Å². The third kappa shape index (κ3) is 76.7. The maximum absolute atomic E-state index is 13.0. The highest BCUT2D eigenvalue weighted by atomic mass is 16.7. The lowest BCUT2D eigenvalue weighted by Gasteiger charge is -2.25. The van der Waals surface area contributed by atoms with E-state index in [9.17, 15) is 19.5 Å². The van der Waals surface area contributed by atoms with Gasteiger partial charge in [0.15, 0.2) is 6.10 Å². The molecule has 0 radical (unpaired) electrons. The van der Waals surface area contributed by atoms with Crippen LogP contribution in [0.15, 0.2) is 36.5 Å². The minimum absolute atomic E-state index is 0.175. The topological polar surface area (TPSA) is 108 Å². The second kappa shape index (κ2) is 75.3. The number of carbonyl (C=O) groups excluding carboxylic acids is 2. The fourth-order valence-corrected chi connectivity index (χ4v) is 12.6. The van der Waals surface area contributed by atoms with Crippen molar-refractivity contribution in [2.24, 2.45) is 0 Å². The molecule has 548 valence electrons. The molecular formula is C84H160NO8+. The second-order valence-electron chi connectivity index (χ2n) is 29.4. The average Bonchev–Trinajstić information content (AvgIpc) is 3.74. The van der Waals surface area contributed by atoms with E-state index in [1.54, 1.807) is 0 Å². The minimum atomic E-state index is -1.51. The van der Waals surface area contributed by atoms with Gasteiger partial charge in [-0.2, -0.15) is 0 Å². The first kappa shape index (κ1) is 90.5. The Balaban J connectivity index is 3.95. The van der Waals surface area contributed by atoms with E-state index in [1.807, 2.05) is 21.1 Å². The van der Waals surface area contributed by atoms with E-state index in [4.69, 9.17) is 18.9 Å². The highest BCUT2D eigenvalue weighted by Gasteiger charge is 2.25. The van der Waals surface area contributed by atoms with Crippen LogP contribution in [0.5, 0.6) is 0 Å². The van der Waals surface area contributed by atoms with Crippen molar-refractivity contribution in [1.29, 1.82) is 0 Å². The first-order valence-corrected chi connectivity index (χ1v) is 41.2. The van der Waals surface area contributed by atoms with Crippen LogP contribution in [0.25, 0.3) is 0 Å². The second-order valence-corrected chi connectivity index (χ2v) is 29.4. The molecule has 0 aliphatic rings. The highest BCUT2D eigenvalue weighted by molar-refractivity contribution is 5.71. The van der Waals surface area contributed by atoms with Gasteiger partial charge >= 0.3 is 17.9 Å². The van der Waals surface area contributed by atoms with Crippen molar-refractivity contribution in [3.63, 3.8) is 0 Å². The summed E-state index contributed by atoms with van der Waals surface area (Å²) in [5.74, 6) is -1.97. The number of ether oxygens (including phenoxy) is 4. The first-order valence-electron chi connectivity index (χ1n) is 41.2. The molecule has 0 bridgehead atoms. The molecule has 93 heavy (non-hydrogen) atoms. The van der Waals surface area contributed by atoms with E-state index in [1.165, 1.54) is 353 Å². The summed E-state index contributed by atoms with van der Waals surface area (Å²) in [7, 11) is 6.00. The van der Waals surface area contributed by atoms with Crippen molar-refractivity contribution in [3.8, 4) is 0 Å². The van der Waals surface area contributed by atoms with Gasteiger partial charge in [0.05, 0.1) is 34.4 Å². The summed E-state index contributed by atoms with van der Waals surface area (Å²) in [6, 6.07) is 0. The van der Waals surface area contributed by atoms with Gasteiger partial charge in [0.25, 0.3) is 6.29 Å². The van der Waals surface area contributed by atoms with Crippen molar-refractivity contribution in [1.82, 2.24) is 0 Å². The van der Waals surface area contributed by atoms with Crippen molar-refractivity contribution < 1.29 is 42.9 Å². The Labute approximate surface area is 579 Å². The number of quaternary nitrogens is 1. The molecular weight excluding hydrogens is 1150 g/mol. The van der Waals surface area contributed by atoms with Crippen LogP contribution < -0.4 is 0 Å². The zero-order chi connectivity index (χ0) is 67.5. The number of hydrogen-bond acceptors (Lipinski definition) is 7. The first-order chi connectivity index (χ1) is 45.6. The number of carbonyl (C=O) groups is 3. The number of allylic oxidation sites excluding steroid dienone is 6. The van der Waals surface area contributed by atoms with Crippen molar-refractivity contribution >= 4 is 17.9 Å². The largest absolute Gasteiger partial charge is 0.477 e. The summed E-state index contributed by atoms with van der Waals surface area (Å²) in [6.45, 7) is 4.95. The highest BCUT2D eigenvalue weighted by Crippen LogP contribution is 2.20. The average molecular weight is 1310 g/mol. The summed E-state index contributed by atoms with van der Waals surface area (Å²) >= 11 is 0.